The maximum atomic E-state index is 16.5. The Balaban J connectivity index is 1.38. The maximum absolute atomic E-state index is 16.5. The van der Waals surface area contributed by atoms with Gasteiger partial charge in [0, 0.05) is 44.2 Å². The smallest absolute Gasteiger partial charge is 0.320 e. The van der Waals surface area contributed by atoms with Gasteiger partial charge in [0.05, 0.1) is 49.0 Å². The fourth-order valence-corrected chi connectivity index (χ4v) is 8.81. The molecule has 6 aliphatic rings. The fourth-order valence-electron chi connectivity index (χ4n) is 8.81. The molecule has 11 unspecified atom stereocenters. The van der Waals surface area contributed by atoms with Crippen molar-refractivity contribution in [1.29, 1.82) is 5.26 Å². The Hall–Kier alpha value is -2.60. The average Bonchev–Trinajstić information content (AvgIpc) is 3.47. The lowest BCUT2D eigenvalue weighted by Gasteiger charge is -2.60. The van der Waals surface area contributed by atoms with Crippen LogP contribution in [0.5, 0.6) is 0 Å². The van der Waals surface area contributed by atoms with Crippen molar-refractivity contribution < 1.29 is 14.0 Å². The molecule has 0 aliphatic carbocycles. The Labute approximate surface area is 260 Å². The predicted octanol–water partition coefficient (Wildman–Crippen LogP) is 0.637. The lowest BCUT2D eigenvalue weighted by atomic mass is 9.76. The van der Waals surface area contributed by atoms with E-state index in [0.29, 0.717) is 38.5 Å². The predicted molar refractivity (Wildman–Crippen MR) is 164 cm³/mol. The van der Waals surface area contributed by atoms with E-state index in [1.165, 1.54) is 6.08 Å². The van der Waals surface area contributed by atoms with E-state index < -0.39 is 18.4 Å². The quantitative estimate of drug-likeness (QED) is 0.229. The number of piperidine rings is 2. The van der Waals surface area contributed by atoms with Gasteiger partial charge in [0.2, 0.25) is 5.91 Å². The van der Waals surface area contributed by atoms with Crippen LogP contribution in [0.15, 0.2) is 24.8 Å². The molecule has 0 aromatic heterocycles. The first-order valence-corrected chi connectivity index (χ1v) is 16.4. The van der Waals surface area contributed by atoms with Crippen molar-refractivity contribution in [2.45, 2.75) is 101 Å². The maximum Gasteiger partial charge on any atom is 0.320 e. The molecule has 13 heteroatoms. The lowest BCUT2D eigenvalue weighted by Crippen LogP contribution is -2.80. The third-order valence-electron chi connectivity index (χ3n) is 10.9. The van der Waals surface area contributed by atoms with E-state index >= 15 is 4.39 Å². The van der Waals surface area contributed by atoms with Crippen molar-refractivity contribution >= 4 is 11.9 Å². The summed E-state index contributed by atoms with van der Waals surface area (Å²) in [4.78, 5) is 33.1. The average molecular weight is 613 g/mol. The molecule has 5 fully saturated rings. The highest BCUT2D eigenvalue weighted by atomic mass is 19.1. The number of allylic oxidation sites excluding steroid dienone is 1. The molecule has 3 amide bonds. The monoisotopic (exact) mass is 612 g/mol. The van der Waals surface area contributed by atoms with Gasteiger partial charge in [-0.25, -0.2) is 19.6 Å². The van der Waals surface area contributed by atoms with Crippen molar-refractivity contribution in [2.75, 3.05) is 32.7 Å². The number of hydrogen-bond acceptors (Lipinski definition) is 9. The van der Waals surface area contributed by atoms with Crippen LogP contribution in [0.4, 0.5) is 9.18 Å². The second-order valence-corrected chi connectivity index (χ2v) is 13.8. The van der Waals surface area contributed by atoms with E-state index in [9.17, 15) is 14.9 Å². The molecule has 5 N–H and O–H groups in total. The van der Waals surface area contributed by atoms with Gasteiger partial charge in [0.1, 0.15) is 6.17 Å². The summed E-state index contributed by atoms with van der Waals surface area (Å²) in [6, 6.07) is 1.09. The molecule has 0 spiro atoms. The number of halogens is 1. The lowest BCUT2D eigenvalue weighted by molar-refractivity contribution is -0.136. The van der Waals surface area contributed by atoms with Gasteiger partial charge in [-0.2, -0.15) is 10.8 Å². The number of nitriles is 1. The number of piperazine rings is 1. The SMILES string of the molecule is C=CC(=O)N1CC(C)N(C2NC(=O)N3C4NC(C(F)CC24)C2CNNN2C/C=C\CC2CCNC(C(C)C)C23)CC1CC#N. The summed E-state index contributed by atoms with van der Waals surface area (Å²) in [6.07, 6.45) is 6.03. The molecule has 0 aromatic rings. The first-order chi connectivity index (χ1) is 21.2. The molecule has 0 radical (unpaired) electrons. The Morgan fingerprint density at radius 2 is 2.09 bits per heavy atom. The number of carbonyl (C=O) groups excluding carboxylic acids is 2. The minimum atomic E-state index is -1.13. The minimum Gasteiger partial charge on any atom is -0.332 e. The number of carbonyl (C=O) groups is 2. The zero-order valence-corrected chi connectivity index (χ0v) is 26.2. The number of fused-ring (bicyclic) bond motifs is 5. The second-order valence-electron chi connectivity index (χ2n) is 13.8. The van der Waals surface area contributed by atoms with Crippen molar-refractivity contribution in [3.63, 3.8) is 0 Å². The van der Waals surface area contributed by atoms with Crippen LogP contribution in [0.3, 0.4) is 0 Å². The van der Waals surface area contributed by atoms with Crippen LogP contribution in [0.2, 0.25) is 0 Å². The summed E-state index contributed by atoms with van der Waals surface area (Å²) in [5.74, 6) is 0.126. The van der Waals surface area contributed by atoms with Gasteiger partial charge in [-0.3, -0.25) is 15.0 Å². The third kappa shape index (κ3) is 5.65. The molecule has 6 rings (SSSR count). The van der Waals surface area contributed by atoms with Crippen LogP contribution in [-0.4, -0.2) is 119 Å². The minimum absolute atomic E-state index is 0.0626. The van der Waals surface area contributed by atoms with Gasteiger partial charge in [0.25, 0.3) is 0 Å². The summed E-state index contributed by atoms with van der Waals surface area (Å²) < 4.78 is 16.5. The fraction of sp³-hybridized carbons (Fsp3) is 0.774. The number of urea groups is 1. The van der Waals surface area contributed by atoms with E-state index in [4.69, 9.17) is 0 Å². The molecule has 11 atom stereocenters. The molecular weight excluding hydrogens is 563 g/mol. The molecular formula is C31H49FN10O2. The number of alkyl halides is 1. The summed E-state index contributed by atoms with van der Waals surface area (Å²) >= 11 is 0. The number of rotatable bonds is 4. The van der Waals surface area contributed by atoms with E-state index in [1.807, 2.05) is 11.8 Å². The first-order valence-electron chi connectivity index (χ1n) is 16.4. The second kappa shape index (κ2) is 13.0. The number of hydrogen-bond donors (Lipinski definition) is 5. The summed E-state index contributed by atoms with van der Waals surface area (Å²) in [7, 11) is 0. The molecule has 2 bridgehead atoms. The van der Waals surface area contributed by atoms with Crippen LogP contribution in [-0.2, 0) is 4.79 Å². The third-order valence-corrected chi connectivity index (χ3v) is 10.9. The highest BCUT2D eigenvalue weighted by Gasteiger charge is 2.57. The van der Waals surface area contributed by atoms with Crippen molar-refractivity contribution in [2.24, 2.45) is 17.8 Å². The van der Waals surface area contributed by atoms with Gasteiger partial charge in [-0.05, 0) is 50.6 Å². The first kappa shape index (κ1) is 31.4. The number of hydrazine groups is 2. The zero-order chi connectivity index (χ0) is 31.1. The van der Waals surface area contributed by atoms with Crippen LogP contribution in [0.25, 0.3) is 0 Å². The number of amides is 3. The molecule has 5 saturated heterocycles. The summed E-state index contributed by atoms with van der Waals surface area (Å²) in [5.41, 5.74) is 6.43. The topological polar surface area (TPSA) is 131 Å². The van der Waals surface area contributed by atoms with Crippen LogP contribution in [0, 0.1) is 29.1 Å². The molecule has 6 aliphatic heterocycles. The van der Waals surface area contributed by atoms with Gasteiger partial charge < -0.3 is 20.4 Å². The van der Waals surface area contributed by atoms with E-state index in [1.54, 1.807) is 4.90 Å². The van der Waals surface area contributed by atoms with Gasteiger partial charge in [-0.15, -0.1) is 0 Å². The Morgan fingerprint density at radius 1 is 1.27 bits per heavy atom. The molecule has 44 heavy (non-hydrogen) atoms. The largest absolute Gasteiger partial charge is 0.332 e. The Morgan fingerprint density at radius 3 is 2.84 bits per heavy atom. The standard InChI is InChI=1S/C31H49FN10O2/c1-5-25(43)40-16-19(4)39(17-21(40)9-11-33)29-22-14-23(32)27-24-15-35-38-41(24)13-7-6-8-20-10-12-34-26(18(2)3)28(20)42(30(22)36-27)31(44)37-29/h5-7,18-24,26-30,34-36,38H,1,8-10,12-17H2,2-4H3,(H,37,44)/b7-6-. The summed E-state index contributed by atoms with van der Waals surface area (Å²) in [6.45, 7) is 13.1. The van der Waals surface area contributed by atoms with Gasteiger partial charge >= 0.3 is 6.03 Å². The Bertz CT molecular complexity index is 1160. The van der Waals surface area contributed by atoms with Crippen LogP contribution < -0.4 is 26.9 Å². The number of nitrogens with zero attached hydrogens (tertiary/aromatic N) is 5. The van der Waals surface area contributed by atoms with Crippen LogP contribution >= 0.6 is 0 Å². The van der Waals surface area contributed by atoms with E-state index in [2.05, 4.69) is 75.5 Å². The van der Waals surface area contributed by atoms with E-state index in [-0.39, 0.29) is 66.6 Å². The van der Waals surface area contributed by atoms with E-state index in [0.717, 1.165) is 19.4 Å². The van der Waals surface area contributed by atoms with Crippen molar-refractivity contribution in [3.8, 4) is 6.07 Å². The normalized spacial score (nSPS) is 42.3. The highest BCUT2D eigenvalue weighted by Crippen LogP contribution is 2.40. The van der Waals surface area contributed by atoms with Gasteiger partial charge in [0.15, 0.2) is 0 Å². The molecule has 0 aromatic carbocycles. The summed E-state index contributed by atoms with van der Waals surface area (Å²) in [5, 5.41) is 22.5. The van der Waals surface area contributed by atoms with Gasteiger partial charge in [-0.1, -0.05) is 32.6 Å². The molecule has 0 saturated carbocycles. The number of nitrogens with one attached hydrogen (secondary N) is 5. The molecule has 12 nitrogen and oxygen atoms in total. The van der Waals surface area contributed by atoms with Crippen molar-refractivity contribution in [3.05, 3.63) is 24.8 Å². The zero-order valence-electron chi connectivity index (χ0n) is 26.2. The highest BCUT2D eigenvalue weighted by molar-refractivity contribution is 5.87. The molecule has 242 valence electrons. The van der Waals surface area contributed by atoms with Crippen LogP contribution in [0.1, 0.15) is 46.5 Å². The molecule has 6 heterocycles. The Kier molecular flexibility index (Phi) is 9.29. The van der Waals surface area contributed by atoms with Crippen molar-refractivity contribution in [1.82, 2.24) is 46.6 Å².